The number of hydrogen-bond acceptors (Lipinski definition) is 2. The minimum absolute atomic E-state index is 0.0415. The van der Waals surface area contributed by atoms with Gasteiger partial charge in [0.15, 0.2) is 0 Å². The van der Waals surface area contributed by atoms with Crippen molar-refractivity contribution in [3.63, 3.8) is 0 Å². The molecule has 2 amide bonds. The third-order valence-electron chi connectivity index (χ3n) is 2.89. The van der Waals surface area contributed by atoms with Crippen molar-refractivity contribution < 1.29 is 4.79 Å². The first-order valence-electron chi connectivity index (χ1n) is 4.32. The second-order valence-corrected chi connectivity index (χ2v) is 3.40. The van der Waals surface area contributed by atoms with Crippen molar-refractivity contribution in [2.75, 3.05) is 20.6 Å². The predicted octanol–water partition coefficient (Wildman–Crippen LogP) is 0.139. The van der Waals surface area contributed by atoms with Gasteiger partial charge in [0.05, 0.1) is 5.54 Å². The summed E-state index contributed by atoms with van der Waals surface area (Å²) in [5.41, 5.74) is 5.59. The molecule has 0 heterocycles. The highest BCUT2D eigenvalue weighted by atomic mass is 16.2. The summed E-state index contributed by atoms with van der Waals surface area (Å²) in [6.45, 7) is 0.566. The van der Waals surface area contributed by atoms with Crippen LogP contribution in [0.15, 0.2) is 0 Å². The van der Waals surface area contributed by atoms with Gasteiger partial charge >= 0.3 is 6.03 Å². The predicted molar refractivity (Wildman–Crippen MR) is 47.9 cm³/mol. The molecule has 0 aromatic rings. The summed E-state index contributed by atoms with van der Waals surface area (Å²) in [7, 11) is 3.45. The van der Waals surface area contributed by atoms with Crippen molar-refractivity contribution >= 4 is 6.03 Å². The van der Waals surface area contributed by atoms with E-state index in [0.29, 0.717) is 6.54 Å². The van der Waals surface area contributed by atoms with Crippen LogP contribution >= 0.6 is 0 Å². The average molecular weight is 171 g/mol. The van der Waals surface area contributed by atoms with Crippen LogP contribution in [0.25, 0.3) is 0 Å². The van der Waals surface area contributed by atoms with Crippen molar-refractivity contribution in [1.82, 2.24) is 10.2 Å². The Balaban J connectivity index is 2.59. The van der Waals surface area contributed by atoms with E-state index in [1.54, 1.807) is 11.9 Å². The molecule has 0 radical (unpaired) electrons. The minimum atomic E-state index is -0.0555. The quantitative estimate of drug-likeness (QED) is 0.621. The molecule has 1 rings (SSSR count). The molecule has 1 aliphatic carbocycles. The zero-order chi connectivity index (χ0) is 9.19. The van der Waals surface area contributed by atoms with E-state index in [1.807, 2.05) is 7.05 Å². The highest BCUT2D eigenvalue weighted by Crippen LogP contribution is 2.35. The van der Waals surface area contributed by atoms with E-state index < -0.39 is 0 Å². The number of rotatable bonds is 2. The molecule has 0 unspecified atom stereocenters. The van der Waals surface area contributed by atoms with Crippen molar-refractivity contribution in [3.05, 3.63) is 0 Å². The van der Waals surface area contributed by atoms with E-state index in [2.05, 4.69) is 5.32 Å². The molecule has 0 aromatic carbocycles. The topological polar surface area (TPSA) is 58.4 Å². The van der Waals surface area contributed by atoms with Gasteiger partial charge in [-0.3, -0.25) is 0 Å². The maximum absolute atomic E-state index is 11.3. The lowest BCUT2D eigenvalue weighted by Crippen LogP contribution is -2.60. The summed E-state index contributed by atoms with van der Waals surface area (Å²) in [4.78, 5) is 13.0. The van der Waals surface area contributed by atoms with Crippen molar-refractivity contribution in [2.24, 2.45) is 5.73 Å². The molecule has 0 saturated heterocycles. The SMILES string of the molecule is CNC(=O)N(C)C1(CN)CCC1. The Morgan fingerprint density at radius 2 is 2.25 bits per heavy atom. The number of nitrogens with zero attached hydrogens (tertiary/aromatic N) is 1. The average Bonchev–Trinajstić information content (AvgIpc) is 2.02. The van der Waals surface area contributed by atoms with Crippen LogP contribution in [0.1, 0.15) is 19.3 Å². The summed E-state index contributed by atoms with van der Waals surface area (Å²) < 4.78 is 0. The van der Waals surface area contributed by atoms with E-state index in [0.717, 1.165) is 12.8 Å². The second kappa shape index (κ2) is 3.31. The van der Waals surface area contributed by atoms with Gasteiger partial charge in [0.1, 0.15) is 0 Å². The van der Waals surface area contributed by atoms with Crippen LogP contribution in [-0.4, -0.2) is 37.1 Å². The maximum Gasteiger partial charge on any atom is 0.317 e. The molecule has 0 bridgehead atoms. The lowest BCUT2D eigenvalue weighted by molar-refractivity contribution is 0.0732. The van der Waals surface area contributed by atoms with E-state index in [1.165, 1.54) is 6.42 Å². The van der Waals surface area contributed by atoms with Crippen molar-refractivity contribution in [1.29, 1.82) is 0 Å². The fourth-order valence-electron chi connectivity index (χ4n) is 1.64. The van der Waals surface area contributed by atoms with E-state index in [4.69, 9.17) is 5.73 Å². The molecule has 1 fully saturated rings. The van der Waals surface area contributed by atoms with Crippen LogP contribution in [0.3, 0.4) is 0 Å². The van der Waals surface area contributed by atoms with Gasteiger partial charge in [-0.2, -0.15) is 0 Å². The zero-order valence-corrected chi connectivity index (χ0v) is 7.76. The molecule has 0 atom stereocenters. The van der Waals surface area contributed by atoms with Crippen molar-refractivity contribution in [3.8, 4) is 0 Å². The third kappa shape index (κ3) is 1.27. The van der Waals surface area contributed by atoms with Gasteiger partial charge in [-0.25, -0.2) is 4.79 Å². The summed E-state index contributed by atoms with van der Waals surface area (Å²) in [5, 5.41) is 2.60. The lowest BCUT2D eigenvalue weighted by Gasteiger charge is -2.47. The largest absolute Gasteiger partial charge is 0.341 e. The Morgan fingerprint density at radius 3 is 2.50 bits per heavy atom. The molecule has 12 heavy (non-hydrogen) atoms. The Bertz CT molecular complexity index is 172. The lowest BCUT2D eigenvalue weighted by atomic mass is 9.76. The first-order valence-corrected chi connectivity index (χ1v) is 4.32. The van der Waals surface area contributed by atoms with Crippen molar-refractivity contribution in [2.45, 2.75) is 24.8 Å². The maximum atomic E-state index is 11.3. The molecule has 3 N–H and O–H groups in total. The normalized spacial score (nSPS) is 19.6. The number of hydrogen-bond donors (Lipinski definition) is 2. The van der Waals surface area contributed by atoms with Gasteiger partial charge in [0, 0.05) is 20.6 Å². The minimum Gasteiger partial charge on any atom is -0.341 e. The van der Waals surface area contributed by atoms with Crippen LogP contribution in [-0.2, 0) is 0 Å². The van der Waals surface area contributed by atoms with Crippen LogP contribution in [0.4, 0.5) is 4.79 Å². The standard InChI is InChI=1S/C8H17N3O/c1-10-7(12)11(2)8(6-9)4-3-5-8/h3-6,9H2,1-2H3,(H,10,12). The van der Waals surface area contributed by atoms with Gasteiger partial charge in [0.2, 0.25) is 0 Å². The molecule has 0 spiro atoms. The van der Waals surface area contributed by atoms with E-state index in [9.17, 15) is 4.79 Å². The Labute approximate surface area is 73.1 Å². The fraction of sp³-hybridized carbons (Fsp3) is 0.875. The second-order valence-electron chi connectivity index (χ2n) is 3.40. The van der Waals surface area contributed by atoms with Gasteiger partial charge in [-0.05, 0) is 19.3 Å². The molecular weight excluding hydrogens is 154 g/mol. The highest BCUT2D eigenvalue weighted by molar-refractivity contribution is 5.74. The number of likely N-dealkylation sites (N-methyl/N-ethyl adjacent to an activating group) is 1. The number of amides is 2. The number of nitrogens with one attached hydrogen (secondary N) is 1. The molecule has 0 aromatic heterocycles. The summed E-state index contributed by atoms with van der Waals surface area (Å²) >= 11 is 0. The molecule has 0 aliphatic heterocycles. The first-order chi connectivity index (χ1) is 5.66. The van der Waals surface area contributed by atoms with Crippen LogP contribution < -0.4 is 11.1 Å². The Kier molecular flexibility index (Phi) is 2.57. The third-order valence-corrected chi connectivity index (χ3v) is 2.89. The van der Waals surface area contributed by atoms with Crippen LogP contribution in [0, 0.1) is 0 Å². The zero-order valence-electron chi connectivity index (χ0n) is 7.76. The fourth-order valence-corrected chi connectivity index (χ4v) is 1.64. The Morgan fingerprint density at radius 1 is 1.67 bits per heavy atom. The molecule has 1 saturated carbocycles. The smallest absolute Gasteiger partial charge is 0.317 e. The Hall–Kier alpha value is -0.770. The van der Waals surface area contributed by atoms with Gasteiger partial charge in [-0.15, -0.1) is 0 Å². The number of nitrogens with two attached hydrogens (primary N) is 1. The highest BCUT2D eigenvalue weighted by Gasteiger charge is 2.41. The van der Waals surface area contributed by atoms with Crippen LogP contribution in [0.2, 0.25) is 0 Å². The van der Waals surface area contributed by atoms with Gasteiger partial charge in [0.25, 0.3) is 0 Å². The van der Waals surface area contributed by atoms with E-state index in [-0.39, 0.29) is 11.6 Å². The number of carbonyl (C=O) groups excluding carboxylic acids is 1. The van der Waals surface area contributed by atoms with Gasteiger partial charge in [-0.1, -0.05) is 0 Å². The number of urea groups is 1. The summed E-state index contributed by atoms with van der Waals surface area (Å²) in [5.74, 6) is 0. The first kappa shape index (κ1) is 9.32. The number of carbonyl (C=O) groups is 1. The van der Waals surface area contributed by atoms with Gasteiger partial charge < -0.3 is 16.0 Å². The monoisotopic (exact) mass is 171 g/mol. The molecular formula is C8H17N3O. The summed E-state index contributed by atoms with van der Waals surface area (Å²) in [6.07, 6.45) is 3.25. The molecule has 4 heteroatoms. The molecule has 4 nitrogen and oxygen atoms in total. The van der Waals surface area contributed by atoms with Crippen LogP contribution in [0.5, 0.6) is 0 Å². The molecule has 1 aliphatic rings. The molecule has 70 valence electrons. The summed E-state index contributed by atoms with van der Waals surface area (Å²) in [6, 6.07) is -0.0415. The van der Waals surface area contributed by atoms with E-state index >= 15 is 0 Å².